The maximum atomic E-state index is 12.3. The molecular weight excluding hydrogens is 304 g/mol. The number of ether oxygens (including phenoxy) is 1. The summed E-state index contributed by atoms with van der Waals surface area (Å²) < 4.78 is 4.80. The van der Waals surface area contributed by atoms with Crippen molar-refractivity contribution < 1.29 is 14.3 Å². The molecule has 1 aromatic carbocycles. The van der Waals surface area contributed by atoms with Gasteiger partial charge in [0.15, 0.2) is 0 Å². The highest BCUT2D eigenvalue weighted by Crippen LogP contribution is 2.11. The van der Waals surface area contributed by atoms with E-state index in [1.165, 1.54) is 7.11 Å². The molecule has 1 aliphatic heterocycles. The number of hydrogen-bond donors (Lipinski definition) is 2. The molecule has 6 heteroatoms. The number of rotatable bonds is 5. The Bertz CT molecular complexity index is 476. The van der Waals surface area contributed by atoms with Crippen molar-refractivity contribution in [3.05, 3.63) is 35.9 Å². The Kier molecular flexibility index (Phi) is 7.91. The molecule has 1 heterocycles. The van der Waals surface area contributed by atoms with Crippen molar-refractivity contribution in [2.24, 2.45) is 5.92 Å². The van der Waals surface area contributed by atoms with Crippen LogP contribution in [0.2, 0.25) is 0 Å². The Morgan fingerprint density at radius 1 is 1.36 bits per heavy atom. The van der Waals surface area contributed by atoms with Crippen LogP contribution in [-0.2, 0) is 20.7 Å². The van der Waals surface area contributed by atoms with E-state index < -0.39 is 12.0 Å². The summed E-state index contributed by atoms with van der Waals surface area (Å²) in [6, 6.07) is 8.98. The van der Waals surface area contributed by atoms with Crippen molar-refractivity contribution >= 4 is 24.3 Å². The number of esters is 1. The maximum Gasteiger partial charge on any atom is 0.328 e. The average Bonchev–Trinajstić information content (AvgIpc) is 2.55. The van der Waals surface area contributed by atoms with E-state index in [-0.39, 0.29) is 24.2 Å². The third-order valence-corrected chi connectivity index (χ3v) is 3.75. The smallest absolute Gasteiger partial charge is 0.328 e. The number of piperidine rings is 1. The summed E-state index contributed by atoms with van der Waals surface area (Å²) in [7, 11) is 1.34. The van der Waals surface area contributed by atoms with Gasteiger partial charge < -0.3 is 15.4 Å². The van der Waals surface area contributed by atoms with E-state index in [0.717, 1.165) is 24.9 Å². The third kappa shape index (κ3) is 5.31. The number of amides is 1. The maximum absolute atomic E-state index is 12.3. The highest BCUT2D eigenvalue weighted by Gasteiger charge is 2.27. The van der Waals surface area contributed by atoms with Crippen LogP contribution in [0.3, 0.4) is 0 Å². The minimum Gasteiger partial charge on any atom is -0.467 e. The molecule has 22 heavy (non-hydrogen) atoms. The van der Waals surface area contributed by atoms with Gasteiger partial charge in [0.05, 0.1) is 13.0 Å². The van der Waals surface area contributed by atoms with Crippen LogP contribution in [0, 0.1) is 5.92 Å². The molecule has 2 rings (SSSR count). The first-order chi connectivity index (χ1) is 10.2. The van der Waals surface area contributed by atoms with Crippen LogP contribution in [0.15, 0.2) is 30.3 Å². The quantitative estimate of drug-likeness (QED) is 0.801. The van der Waals surface area contributed by atoms with E-state index in [2.05, 4.69) is 10.6 Å². The lowest BCUT2D eigenvalue weighted by atomic mass is 9.97. The van der Waals surface area contributed by atoms with Gasteiger partial charge in [0.1, 0.15) is 6.04 Å². The van der Waals surface area contributed by atoms with E-state index in [9.17, 15) is 9.59 Å². The van der Waals surface area contributed by atoms with Crippen LogP contribution in [-0.4, -0.2) is 38.1 Å². The first kappa shape index (κ1) is 18.5. The highest BCUT2D eigenvalue weighted by molar-refractivity contribution is 5.86. The number of benzene rings is 1. The van der Waals surface area contributed by atoms with Crippen LogP contribution < -0.4 is 10.6 Å². The fourth-order valence-corrected chi connectivity index (χ4v) is 2.55. The van der Waals surface area contributed by atoms with Crippen LogP contribution in [0.5, 0.6) is 0 Å². The molecular formula is C16H23ClN2O3. The molecule has 0 saturated carbocycles. The van der Waals surface area contributed by atoms with E-state index >= 15 is 0 Å². The van der Waals surface area contributed by atoms with E-state index in [0.29, 0.717) is 13.0 Å². The highest BCUT2D eigenvalue weighted by atomic mass is 35.5. The second-order valence-electron chi connectivity index (χ2n) is 5.32. The second kappa shape index (κ2) is 9.43. The van der Waals surface area contributed by atoms with Crippen molar-refractivity contribution in [3.63, 3.8) is 0 Å². The van der Waals surface area contributed by atoms with Crippen molar-refractivity contribution in [1.82, 2.24) is 10.6 Å². The molecule has 1 amide bonds. The fourth-order valence-electron chi connectivity index (χ4n) is 2.55. The zero-order valence-electron chi connectivity index (χ0n) is 12.7. The molecule has 1 aliphatic rings. The first-order valence-corrected chi connectivity index (χ1v) is 7.33. The van der Waals surface area contributed by atoms with Gasteiger partial charge in [-0.05, 0) is 24.9 Å². The molecule has 1 saturated heterocycles. The van der Waals surface area contributed by atoms with Gasteiger partial charge in [-0.15, -0.1) is 12.4 Å². The summed E-state index contributed by atoms with van der Waals surface area (Å²) in [5.74, 6) is -0.550. The largest absolute Gasteiger partial charge is 0.467 e. The minimum atomic E-state index is -0.633. The monoisotopic (exact) mass is 326 g/mol. The Hall–Kier alpha value is -1.59. The summed E-state index contributed by atoms with van der Waals surface area (Å²) in [6.45, 7) is 1.62. The van der Waals surface area contributed by atoms with Crippen molar-refractivity contribution in [1.29, 1.82) is 0 Å². The SMILES string of the molecule is COC(=O)C(Cc1ccccc1)NC(=O)[C@@H]1CCCNC1.Cl. The van der Waals surface area contributed by atoms with E-state index in [1.54, 1.807) is 0 Å². The number of nitrogens with one attached hydrogen (secondary N) is 2. The van der Waals surface area contributed by atoms with E-state index in [1.807, 2.05) is 30.3 Å². The van der Waals surface area contributed by atoms with Crippen molar-refractivity contribution in [2.75, 3.05) is 20.2 Å². The van der Waals surface area contributed by atoms with Crippen LogP contribution in [0.25, 0.3) is 0 Å². The molecule has 122 valence electrons. The molecule has 1 aromatic rings. The number of hydrogen-bond acceptors (Lipinski definition) is 4. The third-order valence-electron chi connectivity index (χ3n) is 3.75. The molecule has 0 radical (unpaired) electrons. The summed E-state index contributed by atoms with van der Waals surface area (Å²) in [4.78, 5) is 24.1. The zero-order valence-corrected chi connectivity index (χ0v) is 13.5. The topological polar surface area (TPSA) is 67.4 Å². The van der Waals surface area contributed by atoms with Gasteiger partial charge in [-0.25, -0.2) is 4.79 Å². The molecule has 5 nitrogen and oxygen atoms in total. The molecule has 0 bridgehead atoms. The van der Waals surface area contributed by atoms with E-state index in [4.69, 9.17) is 4.74 Å². The van der Waals surface area contributed by atoms with Gasteiger partial charge >= 0.3 is 5.97 Å². The number of halogens is 1. The Labute approximate surface area is 137 Å². The molecule has 1 fully saturated rings. The number of methoxy groups -OCH3 is 1. The lowest BCUT2D eigenvalue weighted by Gasteiger charge is -2.24. The lowest BCUT2D eigenvalue weighted by molar-refractivity contribution is -0.145. The number of carbonyl (C=O) groups excluding carboxylic acids is 2. The average molecular weight is 327 g/mol. The molecule has 0 aliphatic carbocycles. The van der Waals surface area contributed by atoms with Crippen molar-refractivity contribution in [2.45, 2.75) is 25.3 Å². The second-order valence-corrected chi connectivity index (χ2v) is 5.32. The summed E-state index contributed by atoms with van der Waals surface area (Å²) in [5, 5.41) is 6.04. The molecule has 0 aromatic heterocycles. The predicted molar refractivity (Wildman–Crippen MR) is 86.9 cm³/mol. The minimum absolute atomic E-state index is 0. The van der Waals surface area contributed by atoms with Gasteiger partial charge in [-0.3, -0.25) is 4.79 Å². The van der Waals surface area contributed by atoms with Gasteiger partial charge in [0, 0.05) is 13.0 Å². The summed E-state index contributed by atoms with van der Waals surface area (Å²) in [6.07, 6.45) is 2.29. The standard InChI is InChI=1S/C16H22N2O3.ClH/c1-21-16(20)14(10-12-6-3-2-4-7-12)18-15(19)13-8-5-9-17-11-13;/h2-4,6-7,13-14,17H,5,8-11H2,1H3,(H,18,19);1H/t13-,14?;/m1./s1. The zero-order chi connectivity index (χ0) is 15.1. The molecule has 0 spiro atoms. The van der Waals surface area contributed by atoms with Gasteiger partial charge in [-0.1, -0.05) is 30.3 Å². The molecule has 1 unspecified atom stereocenters. The lowest BCUT2D eigenvalue weighted by Crippen LogP contribution is -2.48. The van der Waals surface area contributed by atoms with Gasteiger partial charge in [-0.2, -0.15) is 0 Å². The van der Waals surface area contributed by atoms with Crippen LogP contribution >= 0.6 is 12.4 Å². The van der Waals surface area contributed by atoms with Gasteiger partial charge in [0.2, 0.25) is 5.91 Å². The number of carbonyl (C=O) groups is 2. The predicted octanol–water partition coefficient (Wildman–Crippen LogP) is 1.31. The Balaban J connectivity index is 0.00000242. The fraction of sp³-hybridized carbons (Fsp3) is 0.500. The normalized spacial score (nSPS) is 18.7. The molecule has 2 N–H and O–H groups in total. The Morgan fingerprint density at radius 2 is 2.09 bits per heavy atom. The van der Waals surface area contributed by atoms with Gasteiger partial charge in [0.25, 0.3) is 0 Å². The van der Waals surface area contributed by atoms with Crippen LogP contribution in [0.4, 0.5) is 0 Å². The van der Waals surface area contributed by atoms with Crippen molar-refractivity contribution in [3.8, 4) is 0 Å². The summed E-state index contributed by atoms with van der Waals surface area (Å²) >= 11 is 0. The molecule has 2 atom stereocenters. The summed E-state index contributed by atoms with van der Waals surface area (Å²) in [5.41, 5.74) is 0.995. The van der Waals surface area contributed by atoms with Crippen LogP contribution in [0.1, 0.15) is 18.4 Å². The Morgan fingerprint density at radius 3 is 2.68 bits per heavy atom. The first-order valence-electron chi connectivity index (χ1n) is 7.33.